The predicted molar refractivity (Wildman–Crippen MR) is 92.2 cm³/mol. The number of hydrogen-bond acceptors (Lipinski definition) is 0. The van der Waals surface area contributed by atoms with E-state index in [0.29, 0.717) is 0 Å². The predicted octanol–water partition coefficient (Wildman–Crippen LogP) is 7.35. The van der Waals surface area contributed by atoms with Gasteiger partial charge in [0.15, 0.2) is 0 Å². The molecule has 0 spiro atoms. The van der Waals surface area contributed by atoms with E-state index in [1.807, 2.05) is 0 Å². The molecule has 0 atom stereocenters. The van der Waals surface area contributed by atoms with Crippen molar-refractivity contribution in [3.8, 4) is 0 Å². The number of rotatable bonds is 0. The standard InChI is InChI=1S/C20H36/c1-2-4-6-8-10-12-14-16-18-20-19-17-15-13-11-9-7-5-3-1/h1-2,19-20H,3-18H2/b2-1-,20-19-. The molecule has 0 aliphatic heterocycles. The highest BCUT2D eigenvalue weighted by atomic mass is 14.0. The van der Waals surface area contributed by atoms with Gasteiger partial charge < -0.3 is 0 Å². The van der Waals surface area contributed by atoms with Crippen molar-refractivity contribution < 1.29 is 0 Å². The maximum atomic E-state index is 2.42. The monoisotopic (exact) mass is 276 g/mol. The molecule has 116 valence electrons. The van der Waals surface area contributed by atoms with Gasteiger partial charge in [0, 0.05) is 0 Å². The minimum absolute atomic E-state index is 1.31. The minimum atomic E-state index is 1.31. The normalized spacial score (nSPS) is 25.6. The topological polar surface area (TPSA) is 0 Å². The Labute approximate surface area is 127 Å². The van der Waals surface area contributed by atoms with Crippen LogP contribution in [0.1, 0.15) is 103 Å². The average molecular weight is 277 g/mol. The number of hydrogen-bond donors (Lipinski definition) is 0. The van der Waals surface area contributed by atoms with E-state index in [4.69, 9.17) is 0 Å². The fraction of sp³-hybridized carbons (Fsp3) is 0.800. The third-order valence-corrected chi connectivity index (χ3v) is 4.32. The van der Waals surface area contributed by atoms with Crippen LogP contribution in [-0.4, -0.2) is 0 Å². The highest BCUT2D eigenvalue weighted by Crippen LogP contribution is 2.12. The fourth-order valence-corrected chi connectivity index (χ4v) is 2.93. The van der Waals surface area contributed by atoms with Crippen molar-refractivity contribution >= 4 is 0 Å². The van der Waals surface area contributed by atoms with E-state index in [-0.39, 0.29) is 0 Å². The molecule has 0 N–H and O–H groups in total. The lowest BCUT2D eigenvalue weighted by atomic mass is 10.1. The first kappa shape index (κ1) is 17.5. The second-order valence-corrected chi connectivity index (χ2v) is 6.34. The molecule has 0 heteroatoms. The van der Waals surface area contributed by atoms with Gasteiger partial charge in [0.25, 0.3) is 0 Å². The van der Waals surface area contributed by atoms with Gasteiger partial charge >= 0.3 is 0 Å². The van der Waals surface area contributed by atoms with Gasteiger partial charge in [-0.2, -0.15) is 0 Å². The van der Waals surface area contributed by atoms with Crippen molar-refractivity contribution in [3.05, 3.63) is 24.3 Å². The first-order valence-corrected chi connectivity index (χ1v) is 9.30. The lowest BCUT2D eigenvalue weighted by molar-refractivity contribution is 0.592. The highest BCUT2D eigenvalue weighted by molar-refractivity contribution is 4.82. The van der Waals surface area contributed by atoms with Crippen molar-refractivity contribution in [1.29, 1.82) is 0 Å². The molecule has 0 bridgehead atoms. The van der Waals surface area contributed by atoms with Crippen LogP contribution >= 0.6 is 0 Å². The zero-order valence-corrected chi connectivity index (χ0v) is 13.6. The molecule has 0 amide bonds. The number of allylic oxidation sites excluding steroid dienone is 4. The van der Waals surface area contributed by atoms with Crippen LogP contribution in [0, 0.1) is 0 Å². The molecule has 0 radical (unpaired) electrons. The van der Waals surface area contributed by atoms with Crippen LogP contribution in [0.25, 0.3) is 0 Å². The maximum absolute atomic E-state index is 2.42. The van der Waals surface area contributed by atoms with E-state index in [9.17, 15) is 0 Å². The van der Waals surface area contributed by atoms with E-state index in [2.05, 4.69) is 24.3 Å². The largest absolute Gasteiger partial charge is 0.0885 e. The van der Waals surface area contributed by atoms with Crippen LogP contribution in [0.3, 0.4) is 0 Å². The smallest absolute Gasteiger partial charge is 0.0351 e. The van der Waals surface area contributed by atoms with Crippen LogP contribution in [0.5, 0.6) is 0 Å². The SMILES string of the molecule is C1=C\CCCCCCCC/C=C\CCCCCCCC/1. The van der Waals surface area contributed by atoms with Crippen molar-refractivity contribution in [3.63, 3.8) is 0 Å². The minimum Gasteiger partial charge on any atom is -0.0885 e. The van der Waals surface area contributed by atoms with Crippen LogP contribution in [0.2, 0.25) is 0 Å². The molecule has 1 rings (SSSR count). The summed E-state index contributed by atoms with van der Waals surface area (Å²) in [5, 5.41) is 0. The molecule has 20 heavy (non-hydrogen) atoms. The molecule has 1 aliphatic rings. The zero-order valence-electron chi connectivity index (χ0n) is 13.6. The summed E-state index contributed by atoms with van der Waals surface area (Å²) < 4.78 is 0. The first-order chi connectivity index (χ1) is 10.0. The molecule has 0 aromatic heterocycles. The lowest BCUT2D eigenvalue weighted by Crippen LogP contribution is -1.81. The second kappa shape index (κ2) is 14.9. The molecule has 0 nitrogen and oxygen atoms in total. The highest BCUT2D eigenvalue weighted by Gasteiger charge is 1.92. The van der Waals surface area contributed by atoms with Gasteiger partial charge in [-0.3, -0.25) is 0 Å². The molecule has 0 fully saturated rings. The molecule has 0 aromatic carbocycles. The van der Waals surface area contributed by atoms with Gasteiger partial charge in [0.05, 0.1) is 0 Å². The second-order valence-electron chi connectivity index (χ2n) is 6.34. The van der Waals surface area contributed by atoms with Gasteiger partial charge in [-0.05, 0) is 51.4 Å². The van der Waals surface area contributed by atoms with Crippen LogP contribution in [0.15, 0.2) is 24.3 Å². The summed E-state index contributed by atoms with van der Waals surface area (Å²) in [4.78, 5) is 0. The summed E-state index contributed by atoms with van der Waals surface area (Å²) in [6.07, 6.45) is 32.0. The molecule has 0 saturated carbocycles. The van der Waals surface area contributed by atoms with E-state index >= 15 is 0 Å². The summed E-state index contributed by atoms with van der Waals surface area (Å²) >= 11 is 0. The van der Waals surface area contributed by atoms with Gasteiger partial charge in [0.1, 0.15) is 0 Å². The third kappa shape index (κ3) is 12.5. The van der Waals surface area contributed by atoms with Crippen LogP contribution < -0.4 is 0 Å². The molecular weight excluding hydrogens is 240 g/mol. The van der Waals surface area contributed by atoms with Crippen molar-refractivity contribution in [1.82, 2.24) is 0 Å². The maximum Gasteiger partial charge on any atom is -0.0351 e. The van der Waals surface area contributed by atoms with E-state index in [1.54, 1.807) is 0 Å². The third-order valence-electron chi connectivity index (χ3n) is 4.32. The lowest BCUT2D eigenvalue weighted by Gasteiger charge is -2.01. The van der Waals surface area contributed by atoms with Crippen LogP contribution in [0.4, 0.5) is 0 Å². The molecule has 0 aromatic rings. The first-order valence-electron chi connectivity index (χ1n) is 9.30. The van der Waals surface area contributed by atoms with Gasteiger partial charge in [-0.25, -0.2) is 0 Å². The summed E-state index contributed by atoms with van der Waals surface area (Å²) in [5.74, 6) is 0. The quantitative estimate of drug-likeness (QED) is 0.405. The van der Waals surface area contributed by atoms with E-state index in [0.717, 1.165) is 0 Å². The molecule has 0 unspecified atom stereocenters. The molecule has 1 aliphatic carbocycles. The molecular formula is C20H36. The Bertz CT molecular complexity index is 186. The average Bonchev–Trinajstić information content (AvgIpc) is 2.46. The molecule has 0 saturated heterocycles. The summed E-state index contributed by atoms with van der Waals surface area (Å²) in [5.41, 5.74) is 0. The summed E-state index contributed by atoms with van der Waals surface area (Å²) in [6, 6.07) is 0. The van der Waals surface area contributed by atoms with E-state index in [1.165, 1.54) is 103 Å². The Morgan fingerprint density at radius 1 is 0.250 bits per heavy atom. The summed E-state index contributed by atoms with van der Waals surface area (Å²) in [7, 11) is 0. The van der Waals surface area contributed by atoms with Gasteiger partial charge in [-0.1, -0.05) is 75.7 Å². The Morgan fingerprint density at radius 3 is 0.700 bits per heavy atom. The Balaban J connectivity index is 2.11. The summed E-state index contributed by atoms with van der Waals surface area (Å²) in [6.45, 7) is 0. The van der Waals surface area contributed by atoms with E-state index < -0.39 is 0 Å². The Kier molecular flexibility index (Phi) is 13.0. The van der Waals surface area contributed by atoms with Crippen molar-refractivity contribution in [2.75, 3.05) is 0 Å². The van der Waals surface area contributed by atoms with Crippen molar-refractivity contribution in [2.45, 2.75) is 103 Å². The molecule has 0 heterocycles. The Hall–Kier alpha value is -0.520. The Morgan fingerprint density at radius 2 is 0.450 bits per heavy atom. The van der Waals surface area contributed by atoms with Crippen LogP contribution in [-0.2, 0) is 0 Å². The zero-order chi connectivity index (χ0) is 14.1. The fourth-order valence-electron chi connectivity index (χ4n) is 2.93. The van der Waals surface area contributed by atoms with Gasteiger partial charge in [-0.15, -0.1) is 0 Å². The van der Waals surface area contributed by atoms with Crippen molar-refractivity contribution in [2.24, 2.45) is 0 Å². The van der Waals surface area contributed by atoms with Gasteiger partial charge in [0.2, 0.25) is 0 Å².